The molecule has 2 rings (SSSR count). The number of hydrogen-bond acceptors (Lipinski definition) is 2. The van der Waals surface area contributed by atoms with Crippen molar-refractivity contribution in [1.82, 2.24) is 0 Å². The Morgan fingerprint density at radius 2 is 1.45 bits per heavy atom. The summed E-state index contributed by atoms with van der Waals surface area (Å²) in [4.78, 5) is 0.698. The summed E-state index contributed by atoms with van der Waals surface area (Å²) in [7, 11) is 0. The van der Waals surface area contributed by atoms with Gasteiger partial charge in [0.2, 0.25) is 0 Å². The monoisotopic (exact) mass is 284 g/mol. The van der Waals surface area contributed by atoms with Gasteiger partial charge < -0.3 is 9.47 Å². The Hall–Kier alpha value is 0.880. The van der Waals surface area contributed by atoms with Crippen molar-refractivity contribution < 1.29 is 9.47 Å². The second-order valence-electron chi connectivity index (χ2n) is 2.93. The quantitative estimate of drug-likeness (QED) is 0.634. The van der Waals surface area contributed by atoms with Crippen LogP contribution in [0.15, 0.2) is 0 Å². The van der Waals surface area contributed by atoms with Crippen molar-refractivity contribution in [2.24, 2.45) is 0 Å². The summed E-state index contributed by atoms with van der Waals surface area (Å²) in [5, 5.41) is 0. The largest absolute Gasteiger partial charge is 0.348 e. The number of hydrogen-bond donors (Lipinski definition) is 0. The number of rotatable bonds is 0. The molecule has 0 bridgehead atoms. The van der Waals surface area contributed by atoms with Gasteiger partial charge in [-0.2, -0.15) is 0 Å². The van der Waals surface area contributed by atoms with Crippen LogP contribution >= 0.6 is 31.9 Å². The van der Waals surface area contributed by atoms with Gasteiger partial charge in [-0.25, -0.2) is 0 Å². The molecule has 0 aromatic rings. The molecule has 0 aromatic carbocycles. The average Bonchev–Trinajstić information content (AvgIpc) is 2.48. The SMILES string of the molecule is Br[C@H]1CCOC12OCC[C@@H]2Br. The van der Waals surface area contributed by atoms with Crippen molar-refractivity contribution in [2.45, 2.75) is 28.3 Å². The van der Waals surface area contributed by atoms with Gasteiger partial charge in [0.25, 0.3) is 0 Å². The Labute approximate surface area is 82.9 Å². The molecule has 0 radical (unpaired) electrons. The molecule has 2 heterocycles. The van der Waals surface area contributed by atoms with E-state index >= 15 is 0 Å². The molecule has 0 aliphatic carbocycles. The van der Waals surface area contributed by atoms with Crippen LogP contribution in [0.25, 0.3) is 0 Å². The van der Waals surface area contributed by atoms with Crippen LogP contribution in [-0.2, 0) is 9.47 Å². The van der Waals surface area contributed by atoms with Crippen LogP contribution in [0.2, 0.25) is 0 Å². The summed E-state index contributed by atoms with van der Waals surface area (Å²) in [6.45, 7) is 1.61. The molecular formula is C7H10Br2O2. The predicted molar refractivity (Wildman–Crippen MR) is 49.3 cm³/mol. The number of alkyl halides is 2. The first-order chi connectivity index (χ1) is 5.26. The summed E-state index contributed by atoms with van der Waals surface area (Å²) in [5.41, 5.74) is 0. The summed E-state index contributed by atoms with van der Waals surface area (Å²) < 4.78 is 11.2. The second kappa shape index (κ2) is 2.98. The van der Waals surface area contributed by atoms with E-state index in [1.807, 2.05) is 0 Å². The first-order valence-electron chi connectivity index (χ1n) is 3.82. The van der Waals surface area contributed by atoms with E-state index in [0.29, 0.717) is 9.65 Å². The van der Waals surface area contributed by atoms with Gasteiger partial charge in [0.05, 0.1) is 22.9 Å². The standard InChI is InChI=1S/C7H10Br2O2/c8-5-1-3-10-7(5)6(9)2-4-11-7/h5-6H,1-4H2/t5-,6-,7?/m0/s1. The molecule has 0 saturated carbocycles. The van der Waals surface area contributed by atoms with Crippen molar-refractivity contribution in [3.05, 3.63) is 0 Å². The van der Waals surface area contributed by atoms with E-state index < -0.39 is 0 Å². The van der Waals surface area contributed by atoms with Gasteiger partial charge in [0.1, 0.15) is 0 Å². The van der Waals surface area contributed by atoms with Crippen molar-refractivity contribution in [3.63, 3.8) is 0 Å². The van der Waals surface area contributed by atoms with Crippen molar-refractivity contribution in [3.8, 4) is 0 Å². The van der Waals surface area contributed by atoms with Crippen LogP contribution in [0.3, 0.4) is 0 Å². The molecule has 2 fully saturated rings. The predicted octanol–water partition coefficient (Wildman–Crippen LogP) is 2.05. The topological polar surface area (TPSA) is 18.5 Å². The van der Waals surface area contributed by atoms with Crippen molar-refractivity contribution >= 4 is 31.9 Å². The van der Waals surface area contributed by atoms with E-state index in [1.54, 1.807) is 0 Å². The molecule has 2 atom stereocenters. The van der Waals surface area contributed by atoms with Crippen molar-refractivity contribution in [1.29, 1.82) is 0 Å². The fourth-order valence-electron chi connectivity index (χ4n) is 1.65. The maximum Gasteiger partial charge on any atom is 0.193 e. The first-order valence-corrected chi connectivity index (χ1v) is 5.65. The Balaban J connectivity index is 2.19. The molecule has 0 amide bonds. The Bertz CT molecular complexity index is 145. The van der Waals surface area contributed by atoms with E-state index in [-0.39, 0.29) is 5.79 Å². The maximum absolute atomic E-state index is 5.61. The van der Waals surface area contributed by atoms with Gasteiger partial charge in [0.15, 0.2) is 5.79 Å². The molecule has 64 valence electrons. The van der Waals surface area contributed by atoms with E-state index in [1.165, 1.54) is 0 Å². The smallest absolute Gasteiger partial charge is 0.193 e. The van der Waals surface area contributed by atoms with Crippen molar-refractivity contribution in [2.75, 3.05) is 13.2 Å². The molecular weight excluding hydrogens is 276 g/mol. The number of ether oxygens (including phenoxy) is 2. The highest BCUT2D eigenvalue weighted by Gasteiger charge is 2.52. The van der Waals surface area contributed by atoms with Gasteiger partial charge >= 0.3 is 0 Å². The highest BCUT2D eigenvalue weighted by atomic mass is 79.9. The lowest BCUT2D eigenvalue weighted by Crippen LogP contribution is -2.42. The summed E-state index contributed by atoms with van der Waals surface area (Å²) in [6.07, 6.45) is 2.09. The molecule has 0 aromatic heterocycles. The molecule has 1 spiro atoms. The minimum absolute atomic E-state index is 0.349. The van der Waals surface area contributed by atoms with Crippen LogP contribution in [0.4, 0.5) is 0 Å². The Morgan fingerprint density at radius 3 is 1.73 bits per heavy atom. The molecule has 2 aliphatic heterocycles. The summed E-state index contributed by atoms with van der Waals surface area (Å²) >= 11 is 7.17. The maximum atomic E-state index is 5.61. The Morgan fingerprint density at radius 1 is 1.00 bits per heavy atom. The highest BCUT2D eigenvalue weighted by molar-refractivity contribution is 9.10. The third kappa shape index (κ3) is 1.19. The zero-order valence-electron chi connectivity index (χ0n) is 6.06. The molecule has 2 saturated heterocycles. The molecule has 0 unspecified atom stereocenters. The second-order valence-corrected chi connectivity index (χ2v) is 5.14. The number of halogens is 2. The normalized spacial score (nSPS) is 42.0. The summed E-state index contributed by atoms with van der Waals surface area (Å²) in [5.74, 6) is -0.361. The molecule has 2 nitrogen and oxygen atoms in total. The van der Waals surface area contributed by atoms with E-state index in [0.717, 1.165) is 26.1 Å². The average molecular weight is 286 g/mol. The molecule has 11 heavy (non-hydrogen) atoms. The Kier molecular flexibility index (Phi) is 2.30. The summed E-state index contributed by atoms with van der Waals surface area (Å²) in [6, 6.07) is 0. The zero-order chi connectivity index (χ0) is 7.90. The molecule has 4 heteroatoms. The highest BCUT2D eigenvalue weighted by Crippen LogP contribution is 2.44. The third-order valence-corrected chi connectivity index (χ3v) is 4.46. The van der Waals surface area contributed by atoms with Gasteiger partial charge in [-0.05, 0) is 12.8 Å². The van der Waals surface area contributed by atoms with E-state index in [4.69, 9.17) is 9.47 Å². The van der Waals surface area contributed by atoms with Crippen LogP contribution in [-0.4, -0.2) is 28.7 Å². The minimum Gasteiger partial charge on any atom is -0.348 e. The van der Waals surface area contributed by atoms with Gasteiger partial charge in [0, 0.05) is 0 Å². The van der Waals surface area contributed by atoms with Crippen LogP contribution < -0.4 is 0 Å². The fourth-order valence-corrected chi connectivity index (χ4v) is 3.54. The lowest BCUT2D eigenvalue weighted by Gasteiger charge is -2.28. The van der Waals surface area contributed by atoms with Crippen LogP contribution in [0.1, 0.15) is 12.8 Å². The first kappa shape index (κ1) is 8.48. The lowest BCUT2D eigenvalue weighted by atomic mass is 10.1. The molecule has 2 aliphatic rings. The van der Waals surface area contributed by atoms with Gasteiger partial charge in [-0.3, -0.25) is 0 Å². The minimum atomic E-state index is -0.361. The van der Waals surface area contributed by atoms with Crippen LogP contribution in [0, 0.1) is 0 Å². The lowest BCUT2D eigenvalue weighted by molar-refractivity contribution is -0.170. The van der Waals surface area contributed by atoms with Gasteiger partial charge in [-0.1, -0.05) is 31.9 Å². The fraction of sp³-hybridized carbons (Fsp3) is 1.00. The van der Waals surface area contributed by atoms with E-state index in [9.17, 15) is 0 Å². The van der Waals surface area contributed by atoms with Crippen LogP contribution in [0.5, 0.6) is 0 Å². The zero-order valence-corrected chi connectivity index (χ0v) is 9.23. The molecule has 0 N–H and O–H groups in total. The van der Waals surface area contributed by atoms with E-state index in [2.05, 4.69) is 31.9 Å². The van der Waals surface area contributed by atoms with Gasteiger partial charge in [-0.15, -0.1) is 0 Å². The third-order valence-electron chi connectivity index (χ3n) is 2.27.